The Bertz CT molecular complexity index is 1050. The molecule has 0 spiro atoms. The number of carboxylic acids is 1. The van der Waals surface area contributed by atoms with Crippen molar-refractivity contribution in [2.75, 3.05) is 11.4 Å². The van der Waals surface area contributed by atoms with Gasteiger partial charge >= 0.3 is 5.97 Å². The molecule has 0 unspecified atom stereocenters. The summed E-state index contributed by atoms with van der Waals surface area (Å²) in [5.41, 5.74) is 5.05. The molecular formula is C20H15N3O3. The third kappa shape index (κ3) is 2.50. The van der Waals surface area contributed by atoms with Crippen molar-refractivity contribution in [3.05, 3.63) is 70.9 Å². The average Bonchev–Trinajstić information content (AvgIpc) is 2.94. The van der Waals surface area contributed by atoms with Crippen LogP contribution in [0, 0.1) is 13.5 Å². The molecule has 6 heteroatoms. The van der Waals surface area contributed by atoms with Gasteiger partial charge in [-0.1, -0.05) is 17.3 Å². The van der Waals surface area contributed by atoms with E-state index in [0.29, 0.717) is 18.7 Å². The van der Waals surface area contributed by atoms with Crippen molar-refractivity contribution in [3.63, 3.8) is 0 Å². The second kappa shape index (κ2) is 6.05. The topological polar surface area (TPSA) is 70.9 Å². The summed E-state index contributed by atoms with van der Waals surface area (Å²) >= 11 is 0. The highest BCUT2D eigenvalue weighted by molar-refractivity contribution is 5.94. The van der Waals surface area contributed by atoms with Crippen LogP contribution in [0.3, 0.4) is 0 Å². The van der Waals surface area contributed by atoms with Crippen LogP contribution in [0.4, 0.5) is 17.1 Å². The standard InChI is InChI=1S/C20H15N3O3/c1-12-19-16-11-13(20(24)25)3-8-17(16)23(10-9-18(19)26-22-12)15-6-4-14(21-2)5-7-15/h3-8,11H,9-10H2,1H3,(H,24,25). The molecule has 6 nitrogen and oxygen atoms in total. The van der Waals surface area contributed by atoms with Crippen LogP contribution >= 0.6 is 0 Å². The Morgan fingerprint density at radius 3 is 2.73 bits per heavy atom. The molecule has 0 bridgehead atoms. The van der Waals surface area contributed by atoms with Gasteiger partial charge in [-0.2, -0.15) is 0 Å². The molecule has 1 N–H and O–H groups in total. The number of hydrogen-bond acceptors (Lipinski definition) is 4. The molecule has 0 saturated carbocycles. The molecule has 0 amide bonds. The van der Waals surface area contributed by atoms with Gasteiger partial charge in [-0.15, -0.1) is 0 Å². The Labute approximate surface area is 150 Å². The first-order valence-electron chi connectivity index (χ1n) is 8.16. The third-order valence-electron chi connectivity index (χ3n) is 4.59. The largest absolute Gasteiger partial charge is 0.478 e. The maximum Gasteiger partial charge on any atom is 0.335 e. The van der Waals surface area contributed by atoms with Crippen LogP contribution in [0.5, 0.6) is 0 Å². The van der Waals surface area contributed by atoms with Crippen LogP contribution in [-0.4, -0.2) is 22.8 Å². The number of aromatic nitrogens is 1. The average molecular weight is 345 g/mol. The molecule has 1 aromatic heterocycles. The minimum absolute atomic E-state index is 0.223. The molecule has 1 aliphatic heterocycles. The minimum atomic E-state index is -0.972. The van der Waals surface area contributed by atoms with E-state index in [9.17, 15) is 9.90 Å². The molecule has 3 aromatic rings. The van der Waals surface area contributed by atoms with E-state index in [4.69, 9.17) is 11.1 Å². The summed E-state index contributed by atoms with van der Waals surface area (Å²) in [6.45, 7) is 9.63. The zero-order valence-electron chi connectivity index (χ0n) is 14.1. The smallest absolute Gasteiger partial charge is 0.335 e. The molecule has 1 aliphatic rings. The van der Waals surface area contributed by atoms with E-state index in [1.54, 1.807) is 24.3 Å². The Hall–Kier alpha value is -3.59. The number of aromatic carboxylic acids is 1. The third-order valence-corrected chi connectivity index (χ3v) is 4.59. The van der Waals surface area contributed by atoms with Crippen LogP contribution in [0.15, 0.2) is 47.0 Å². The summed E-state index contributed by atoms with van der Waals surface area (Å²) in [4.78, 5) is 17.0. The van der Waals surface area contributed by atoms with Gasteiger partial charge in [0.15, 0.2) is 5.69 Å². The summed E-state index contributed by atoms with van der Waals surface area (Å²) in [6.07, 6.45) is 0.651. The van der Waals surface area contributed by atoms with E-state index in [2.05, 4.69) is 14.9 Å². The lowest BCUT2D eigenvalue weighted by Gasteiger charge is -2.25. The van der Waals surface area contributed by atoms with Crippen LogP contribution < -0.4 is 4.90 Å². The van der Waals surface area contributed by atoms with Gasteiger partial charge in [-0.3, -0.25) is 0 Å². The molecule has 128 valence electrons. The molecule has 0 aliphatic carbocycles. The fourth-order valence-electron chi connectivity index (χ4n) is 3.35. The first-order chi connectivity index (χ1) is 12.6. The number of carboxylic acid groups (broad SMARTS) is 1. The van der Waals surface area contributed by atoms with Crippen molar-refractivity contribution in [1.29, 1.82) is 0 Å². The molecule has 0 radical (unpaired) electrons. The Morgan fingerprint density at radius 2 is 2.04 bits per heavy atom. The van der Waals surface area contributed by atoms with Crippen LogP contribution in [0.1, 0.15) is 21.8 Å². The van der Waals surface area contributed by atoms with Crippen molar-refractivity contribution in [3.8, 4) is 11.1 Å². The predicted molar refractivity (Wildman–Crippen MR) is 97.0 cm³/mol. The van der Waals surface area contributed by atoms with Crippen molar-refractivity contribution >= 4 is 23.0 Å². The zero-order chi connectivity index (χ0) is 18.3. The van der Waals surface area contributed by atoms with Crippen molar-refractivity contribution in [2.45, 2.75) is 13.3 Å². The predicted octanol–water partition coefficient (Wildman–Crippen LogP) is 4.59. The number of nitrogens with zero attached hydrogens (tertiary/aromatic N) is 3. The van der Waals surface area contributed by atoms with Crippen molar-refractivity contribution in [1.82, 2.24) is 5.16 Å². The lowest BCUT2D eigenvalue weighted by atomic mass is 9.99. The molecular weight excluding hydrogens is 330 g/mol. The first kappa shape index (κ1) is 15.9. The quantitative estimate of drug-likeness (QED) is 0.688. The van der Waals surface area contributed by atoms with Gasteiger partial charge in [0.2, 0.25) is 0 Å². The van der Waals surface area contributed by atoms with Gasteiger partial charge in [-0.25, -0.2) is 9.64 Å². The first-order valence-corrected chi connectivity index (χ1v) is 8.16. The highest BCUT2D eigenvalue weighted by Gasteiger charge is 2.26. The summed E-state index contributed by atoms with van der Waals surface area (Å²) in [7, 11) is 0. The number of fused-ring (bicyclic) bond motifs is 3. The van der Waals surface area contributed by atoms with Gasteiger partial charge in [0.05, 0.1) is 17.8 Å². The molecule has 2 aromatic carbocycles. The molecule has 0 atom stereocenters. The zero-order valence-corrected chi connectivity index (χ0v) is 14.1. The highest BCUT2D eigenvalue weighted by atomic mass is 16.5. The molecule has 2 heterocycles. The maximum atomic E-state index is 11.4. The van der Waals surface area contributed by atoms with Crippen LogP contribution in [-0.2, 0) is 6.42 Å². The number of hydrogen-bond donors (Lipinski definition) is 1. The van der Waals surface area contributed by atoms with Crippen LogP contribution in [0.25, 0.3) is 16.0 Å². The van der Waals surface area contributed by atoms with Crippen molar-refractivity contribution < 1.29 is 14.4 Å². The second-order valence-corrected chi connectivity index (χ2v) is 6.13. The Kier molecular flexibility index (Phi) is 3.70. The number of benzene rings is 2. The molecule has 0 saturated heterocycles. The van der Waals surface area contributed by atoms with Gasteiger partial charge in [0.1, 0.15) is 5.76 Å². The van der Waals surface area contributed by atoms with E-state index in [0.717, 1.165) is 34.0 Å². The summed E-state index contributed by atoms with van der Waals surface area (Å²) in [5.74, 6) is -0.216. The highest BCUT2D eigenvalue weighted by Crippen LogP contribution is 2.42. The van der Waals surface area contributed by atoms with E-state index in [1.165, 1.54) is 0 Å². The lowest BCUT2D eigenvalue weighted by Crippen LogP contribution is -2.19. The normalized spacial score (nSPS) is 12.7. The summed E-state index contributed by atoms with van der Waals surface area (Å²) in [6, 6.07) is 12.5. The summed E-state index contributed by atoms with van der Waals surface area (Å²) < 4.78 is 5.48. The Balaban J connectivity index is 1.91. The molecule has 0 fully saturated rings. The van der Waals surface area contributed by atoms with Crippen molar-refractivity contribution in [2.24, 2.45) is 0 Å². The lowest BCUT2D eigenvalue weighted by molar-refractivity contribution is 0.0697. The SMILES string of the molecule is [C-]#[N+]c1ccc(N2CCc3onc(C)c3-c3cc(C(=O)O)ccc32)cc1. The number of aryl methyl sites for hydroxylation is 1. The number of anilines is 2. The molecule has 4 rings (SSSR count). The number of carbonyl (C=O) groups is 1. The maximum absolute atomic E-state index is 11.4. The van der Waals surface area contributed by atoms with Gasteiger partial charge < -0.3 is 14.5 Å². The Morgan fingerprint density at radius 1 is 1.27 bits per heavy atom. The van der Waals surface area contributed by atoms with Gasteiger partial charge in [0, 0.05) is 35.5 Å². The van der Waals surface area contributed by atoms with E-state index < -0.39 is 5.97 Å². The van der Waals surface area contributed by atoms with E-state index >= 15 is 0 Å². The van der Waals surface area contributed by atoms with E-state index in [-0.39, 0.29) is 5.56 Å². The molecule has 26 heavy (non-hydrogen) atoms. The fourth-order valence-corrected chi connectivity index (χ4v) is 3.35. The number of rotatable bonds is 2. The van der Waals surface area contributed by atoms with Crippen LogP contribution in [0.2, 0.25) is 0 Å². The summed E-state index contributed by atoms with van der Waals surface area (Å²) in [5, 5.41) is 13.4. The fraction of sp³-hybridized carbons (Fsp3) is 0.150. The monoisotopic (exact) mass is 345 g/mol. The van der Waals surface area contributed by atoms with E-state index in [1.807, 2.05) is 25.1 Å². The minimum Gasteiger partial charge on any atom is -0.478 e. The van der Waals surface area contributed by atoms with Gasteiger partial charge in [0.25, 0.3) is 0 Å². The second-order valence-electron chi connectivity index (χ2n) is 6.13. The van der Waals surface area contributed by atoms with Gasteiger partial charge in [-0.05, 0) is 37.3 Å².